The van der Waals surface area contributed by atoms with Crippen molar-refractivity contribution in [3.8, 4) is 0 Å². The van der Waals surface area contributed by atoms with E-state index in [0.717, 1.165) is 24.3 Å². The summed E-state index contributed by atoms with van der Waals surface area (Å²) in [6.45, 7) is -0.539. The van der Waals surface area contributed by atoms with E-state index in [4.69, 9.17) is 5.11 Å². The summed E-state index contributed by atoms with van der Waals surface area (Å²) in [4.78, 5) is 10.4. The highest BCUT2D eigenvalue weighted by Gasteiger charge is 2.46. The summed E-state index contributed by atoms with van der Waals surface area (Å²) >= 11 is 0. The number of aliphatic hydroxyl groups excluding tert-OH is 1. The molecule has 0 spiro atoms. The highest BCUT2D eigenvalue weighted by Crippen LogP contribution is 2.30. The molecular formula is C11H13F3N2O4S. The molecule has 1 amide bonds. The molecule has 0 aliphatic rings. The van der Waals surface area contributed by atoms with E-state index in [-0.39, 0.29) is 5.69 Å². The predicted octanol–water partition coefficient (Wildman–Crippen LogP) is 0.499. The topological polar surface area (TPSA) is 95.5 Å². The Labute approximate surface area is 118 Å². The second-order valence-corrected chi connectivity index (χ2v) is 5.91. The van der Waals surface area contributed by atoms with Gasteiger partial charge in [0.2, 0.25) is 5.91 Å². The van der Waals surface area contributed by atoms with Crippen LogP contribution in [0.5, 0.6) is 0 Å². The molecule has 10 heteroatoms. The third-order valence-corrected chi connectivity index (χ3v) is 4.06. The molecule has 1 aromatic rings. The molecule has 0 heterocycles. The molecule has 1 aromatic carbocycles. The van der Waals surface area contributed by atoms with E-state index >= 15 is 0 Å². The Hall–Kier alpha value is -1.81. The molecule has 6 nitrogen and oxygen atoms in total. The fourth-order valence-electron chi connectivity index (χ4n) is 1.43. The van der Waals surface area contributed by atoms with Crippen molar-refractivity contribution in [3.05, 3.63) is 24.3 Å². The number of halogens is 3. The van der Waals surface area contributed by atoms with Gasteiger partial charge in [-0.05, 0) is 24.3 Å². The predicted molar refractivity (Wildman–Crippen MR) is 68.2 cm³/mol. The first-order chi connectivity index (χ1) is 9.63. The van der Waals surface area contributed by atoms with Gasteiger partial charge < -0.3 is 15.7 Å². The van der Waals surface area contributed by atoms with Crippen LogP contribution in [0.4, 0.5) is 18.9 Å². The highest BCUT2D eigenvalue weighted by molar-refractivity contribution is 7.92. The van der Waals surface area contributed by atoms with Gasteiger partial charge in [0.1, 0.15) is 6.04 Å². The van der Waals surface area contributed by atoms with Gasteiger partial charge in [-0.2, -0.15) is 13.2 Å². The van der Waals surface area contributed by atoms with Gasteiger partial charge in [-0.3, -0.25) is 4.79 Å². The van der Waals surface area contributed by atoms with E-state index in [9.17, 15) is 26.4 Å². The number of hydrogen-bond donors (Lipinski definition) is 3. The largest absolute Gasteiger partial charge is 0.501 e. The molecule has 0 radical (unpaired) electrons. The smallest absolute Gasteiger partial charge is 0.394 e. The quantitative estimate of drug-likeness (QED) is 0.732. The van der Waals surface area contributed by atoms with Crippen LogP contribution in [-0.2, 0) is 14.6 Å². The maximum absolute atomic E-state index is 12.3. The SMILES string of the molecule is CNC(=O)C(CO)Nc1ccc(S(=O)(=O)C(F)(F)F)cc1. The average Bonchev–Trinajstić information content (AvgIpc) is 2.43. The Kier molecular flexibility index (Phi) is 5.18. The summed E-state index contributed by atoms with van der Waals surface area (Å²) in [7, 11) is -4.05. The van der Waals surface area contributed by atoms with Gasteiger partial charge in [-0.25, -0.2) is 8.42 Å². The lowest BCUT2D eigenvalue weighted by Crippen LogP contribution is -2.40. The van der Waals surface area contributed by atoms with E-state index < -0.39 is 38.8 Å². The third-order valence-electron chi connectivity index (χ3n) is 2.56. The fraction of sp³-hybridized carbons (Fsp3) is 0.364. The van der Waals surface area contributed by atoms with Gasteiger partial charge in [-0.1, -0.05) is 0 Å². The van der Waals surface area contributed by atoms with Gasteiger partial charge in [0, 0.05) is 12.7 Å². The van der Waals surface area contributed by atoms with Crippen molar-refractivity contribution in [1.82, 2.24) is 5.32 Å². The first-order valence-corrected chi connectivity index (χ1v) is 7.12. The Bertz CT molecular complexity index is 599. The van der Waals surface area contributed by atoms with E-state index in [0.29, 0.717) is 0 Å². The molecule has 1 unspecified atom stereocenters. The molecule has 0 aliphatic carbocycles. The second-order valence-electron chi connectivity index (χ2n) is 3.97. The van der Waals surface area contributed by atoms with Crippen LogP contribution in [0.2, 0.25) is 0 Å². The maximum atomic E-state index is 12.3. The van der Waals surface area contributed by atoms with Crippen molar-refractivity contribution in [3.63, 3.8) is 0 Å². The van der Waals surface area contributed by atoms with Crippen molar-refractivity contribution in [2.24, 2.45) is 0 Å². The molecule has 0 fully saturated rings. The van der Waals surface area contributed by atoms with Gasteiger partial charge in [-0.15, -0.1) is 0 Å². The van der Waals surface area contributed by atoms with E-state index in [1.54, 1.807) is 0 Å². The van der Waals surface area contributed by atoms with Gasteiger partial charge in [0.25, 0.3) is 9.84 Å². The lowest BCUT2D eigenvalue weighted by atomic mass is 10.2. The zero-order chi connectivity index (χ0) is 16.3. The standard InChI is InChI=1S/C11H13F3N2O4S/c1-15-10(18)9(6-17)16-7-2-4-8(5-3-7)21(19,20)11(12,13)14/h2-5,9,16-17H,6H2,1H3,(H,15,18). The fourth-order valence-corrected chi connectivity index (χ4v) is 2.20. The molecule has 0 aromatic heterocycles. The molecule has 0 bridgehead atoms. The second kappa shape index (κ2) is 6.31. The Morgan fingerprint density at radius 2 is 1.81 bits per heavy atom. The molecule has 3 N–H and O–H groups in total. The molecule has 118 valence electrons. The summed E-state index contributed by atoms with van der Waals surface area (Å²) in [5.74, 6) is -0.524. The number of hydrogen-bond acceptors (Lipinski definition) is 5. The number of likely N-dealkylation sites (N-methyl/N-ethyl adjacent to an activating group) is 1. The minimum absolute atomic E-state index is 0.193. The number of aliphatic hydroxyl groups is 1. The monoisotopic (exact) mass is 326 g/mol. The number of carbonyl (C=O) groups is 1. The molecule has 0 saturated carbocycles. The number of alkyl halides is 3. The molecule has 0 aliphatic heterocycles. The minimum atomic E-state index is -5.40. The summed E-state index contributed by atoms with van der Waals surface area (Å²) in [5.41, 5.74) is -5.18. The van der Waals surface area contributed by atoms with Crippen molar-refractivity contribution in [2.45, 2.75) is 16.4 Å². The first-order valence-electron chi connectivity index (χ1n) is 5.64. The van der Waals surface area contributed by atoms with Gasteiger partial charge in [0.15, 0.2) is 0 Å². The normalized spacial score (nSPS) is 13.6. The first kappa shape index (κ1) is 17.2. The van der Waals surface area contributed by atoms with Crippen LogP contribution >= 0.6 is 0 Å². The number of rotatable bonds is 5. The Morgan fingerprint density at radius 3 is 2.19 bits per heavy atom. The zero-order valence-corrected chi connectivity index (χ0v) is 11.6. The van der Waals surface area contributed by atoms with Crippen LogP contribution < -0.4 is 10.6 Å². The zero-order valence-electron chi connectivity index (χ0n) is 10.8. The number of amides is 1. The number of benzene rings is 1. The minimum Gasteiger partial charge on any atom is -0.394 e. The van der Waals surface area contributed by atoms with E-state index in [1.165, 1.54) is 7.05 Å². The highest BCUT2D eigenvalue weighted by atomic mass is 32.2. The Balaban J connectivity index is 2.96. The lowest BCUT2D eigenvalue weighted by molar-refractivity contribution is -0.122. The van der Waals surface area contributed by atoms with E-state index in [2.05, 4.69) is 10.6 Å². The Morgan fingerprint density at radius 1 is 1.29 bits per heavy atom. The number of nitrogens with one attached hydrogen (secondary N) is 2. The third kappa shape index (κ3) is 3.85. The molecule has 0 saturated heterocycles. The van der Waals surface area contributed by atoms with Crippen molar-refractivity contribution in [2.75, 3.05) is 19.0 Å². The van der Waals surface area contributed by atoms with Crippen molar-refractivity contribution >= 4 is 21.4 Å². The van der Waals surface area contributed by atoms with Crippen molar-refractivity contribution in [1.29, 1.82) is 0 Å². The average molecular weight is 326 g/mol. The van der Waals surface area contributed by atoms with E-state index in [1.807, 2.05) is 0 Å². The lowest BCUT2D eigenvalue weighted by Gasteiger charge is -2.16. The van der Waals surface area contributed by atoms with Gasteiger partial charge in [0.05, 0.1) is 11.5 Å². The maximum Gasteiger partial charge on any atom is 0.501 e. The van der Waals surface area contributed by atoms with Crippen LogP contribution in [-0.4, -0.2) is 44.6 Å². The van der Waals surface area contributed by atoms with Crippen LogP contribution in [0, 0.1) is 0 Å². The number of anilines is 1. The number of sulfone groups is 1. The summed E-state index contributed by atoms with van der Waals surface area (Å²) in [5, 5.41) is 13.9. The molecule has 21 heavy (non-hydrogen) atoms. The van der Waals surface area contributed by atoms with Crippen LogP contribution in [0.1, 0.15) is 0 Å². The van der Waals surface area contributed by atoms with Crippen LogP contribution in [0.3, 0.4) is 0 Å². The summed E-state index contributed by atoms with van der Waals surface area (Å²) in [6.07, 6.45) is 0. The molecular weight excluding hydrogens is 313 g/mol. The van der Waals surface area contributed by atoms with Crippen LogP contribution in [0.25, 0.3) is 0 Å². The number of carbonyl (C=O) groups excluding carboxylic acids is 1. The van der Waals surface area contributed by atoms with Gasteiger partial charge >= 0.3 is 5.51 Å². The summed E-state index contributed by atoms with van der Waals surface area (Å²) in [6, 6.07) is 2.68. The molecule has 1 atom stereocenters. The summed E-state index contributed by atoms with van der Waals surface area (Å²) < 4.78 is 59.3. The van der Waals surface area contributed by atoms with Crippen LogP contribution in [0.15, 0.2) is 29.2 Å². The molecule has 1 rings (SSSR count). The van der Waals surface area contributed by atoms with Crippen molar-refractivity contribution < 1.29 is 31.5 Å².